The summed E-state index contributed by atoms with van der Waals surface area (Å²) in [5.41, 5.74) is -0.127. The molecule has 1 amide bonds. The van der Waals surface area contributed by atoms with E-state index in [9.17, 15) is 24.1 Å². The predicted octanol–water partition coefficient (Wildman–Crippen LogP) is 3.85. The molecule has 7 nitrogen and oxygen atoms in total. The summed E-state index contributed by atoms with van der Waals surface area (Å²) in [7, 11) is 0. The van der Waals surface area contributed by atoms with E-state index < -0.39 is 22.2 Å². The highest BCUT2D eigenvalue weighted by Gasteiger charge is 2.13. The van der Waals surface area contributed by atoms with E-state index in [-0.39, 0.29) is 34.1 Å². The number of nitrogens with one attached hydrogen (secondary N) is 1. The first-order valence-electron chi connectivity index (χ1n) is 8.04. The number of carbonyl (C=O) groups excluding carboxylic acids is 1. The summed E-state index contributed by atoms with van der Waals surface area (Å²) in [6.45, 7) is -0.151. The van der Waals surface area contributed by atoms with Crippen molar-refractivity contribution in [1.82, 2.24) is 4.57 Å². The number of hydrogen-bond acceptors (Lipinski definition) is 4. The Morgan fingerprint density at radius 2 is 1.93 bits per heavy atom. The molecule has 2 aromatic carbocycles. The molecule has 0 aliphatic carbocycles. The standard InChI is InChI=1S/C19H13ClFN3O4/c20-16-5-2-6-17(21)15(16)11-23-10-12(7-8-18(23)25)19(26)22-13-3-1-4-14(9-13)24(27)28/h1-10H,11H2,(H,22,26). The van der Waals surface area contributed by atoms with Gasteiger partial charge in [0.1, 0.15) is 5.82 Å². The van der Waals surface area contributed by atoms with Crippen LogP contribution in [0.3, 0.4) is 0 Å². The topological polar surface area (TPSA) is 94.2 Å². The van der Waals surface area contributed by atoms with Gasteiger partial charge in [-0.1, -0.05) is 23.7 Å². The zero-order valence-electron chi connectivity index (χ0n) is 14.3. The summed E-state index contributed by atoms with van der Waals surface area (Å²) < 4.78 is 15.1. The zero-order valence-corrected chi connectivity index (χ0v) is 15.0. The van der Waals surface area contributed by atoms with Crippen molar-refractivity contribution in [3.05, 3.63) is 103 Å². The van der Waals surface area contributed by atoms with Crippen LogP contribution in [0.2, 0.25) is 5.02 Å². The predicted molar refractivity (Wildman–Crippen MR) is 102 cm³/mol. The number of amides is 1. The molecule has 3 rings (SSSR count). The van der Waals surface area contributed by atoms with Gasteiger partial charge >= 0.3 is 0 Å². The third-order valence-corrected chi connectivity index (χ3v) is 4.30. The lowest BCUT2D eigenvalue weighted by molar-refractivity contribution is -0.384. The van der Waals surface area contributed by atoms with Crippen LogP contribution in [-0.2, 0) is 6.54 Å². The summed E-state index contributed by atoms with van der Waals surface area (Å²) in [6.07, 6.45) is 1.28. The number of aromatic nitrogens is 1. The number of rotatable bonds is 5. The molecule has 0 bridgehead atoms. The molecule has 0 radical (unpaired) electrons. The number of non-ortho nitro benzene ring substituents is 1. The lowest BCUT2D eigenvalue weighted by atomic mass is 10.2. The van der Waals surface area contributed by atoms with Gasteiger partial charge in [0.25, 0.3) is 17.2 Å². The Kier molecular flexibility index (Phi) is 5.51. The minimum atomic E-state index is -0.575. The Morgan fingerprint density at radius 1 is 1.18 bits per heavy atom. The van der Waals surface area contributed by atoms with Gasteiger partial charge in [0.2, 0.25) is 0 Å². The van der Waals surface area contributed by atoms with Crippen LogP contribution in [0.15, 0.2) is 65.6 Å². The third kappa shape index (κ3) is 4.24. The maximum atomic E-state index is 14.0. The molecule has 0 unspecified atom stereocenters. The quantitative estimate of drug-likeness (QED) is 0.519. The second-order valence-corrected chi connectivity index (χ2v) is 6.25. The summed E-state index contributed by atoms with van der Waals surface area (Å²) in [5.74, 6) is -1.14. The van der Waals surface area contributed by atoms with Gasteiger partial charge in [-0.15, -0.1) is 0 Å². The Morgan fingerprint density at radius 3 is 2.64 bits per heavy atom. The van der Waals surface area contributed by atoms with E-state index in [1.165, 1.54) is 60.8 Å². The largest absolute Gasteiger partial charge is 0.322 e. The van der Waals surface area contributed by atoms with Crippen LogP contribution in [-0.4, -0.2) is 15.4 Å². The van der Waals surface area contributed by atoms with Gasteiger partial charge in [-0.2, -0.15) is 0 Å². The Labute approximate surface area is 163 Å². The molecule has 0 aliphatic heterocycles. The van der Waals surface area contributed by atoms with E-state index >= 15 is 0 Å². The fourth-order valence-electron chi connectivity index (χ4n) is 2.54. The van der Waals surface area contributed by atoms with Crippen LogP contribution in [0.5, 0.6) is 0 Å². The molecule has 3 aromatic rings. The highest BCUT2D eigenvalue weighted by atomic mass is 35.5. The Bertz CT molecular complexity index is 1110. The summed E-state index contributed by atoms with van der Waals surface area (Å²) in [5, 5.41) is 13.5. The van der Waals surface area contributed by atoms with E-state index in [0.717, 1.165) is 4.57 Å². The minimum absolute atomic E-state index is 0.124. The molecule has 1 aromatic heterocycles. The SMILES string of the molecule is O=C(Nc1cccc([N+](=O)[O-])c1)c1ccc(=O)n(Cc2c(F)cccc2Cl)c1. The zero-order chi connectivity index (χ0) is 20.3. The molecule has 28 heavy (non-hydrogen) atoms. The minimum Gasteiger partial charge on any atom is -0.322 e. The van der Waals surface area contributed by atoms with Gasteiger partial charge in [-0.05, 0) is 24.3 Å². The molecule has 0 aliphatic rings. The number of halogens is 2. The summed E-state index contributed by atoms with van der Waals surface area (Å²) in [4.78, 5) is 34.8. The van der Waals surface area contributed by atoms with E-state index in [2.05, 4.69) is 5.32 Å². The van der Waals surface area contributed by atoms with Crippen molar-refractivity contribution < 1.29 is 14.1 Å². The number of nitrogens with zero attached hydrogens (tertiary/aromatic N) is 2. The second-order valence-electron chi connectivity index (χ2n) is 5.85. The molecule has 142 valence electrons. The van der Waals surface area contributed by atoms with E-state index in [1.54, 1.807) is 0 Å². The number of nitro benzene ring substituents is 1. The van der Waals surface area contributed by atoms with Crippen LogP contribution in [0.1, 0.15) is 15.9 Å². The van der Waals surface area contributed by atoms with E-state index in [1.807, 2.05) is 0 Å². The highest BCUT2D eigenvalue weighted by molar-refractivity contribution is 6.31. The van der Waals surface area contributed by atoms with Gasteiger partial charge in [0, 0.05) is 40.7 Å². The molecule has 9 heteroatoms. The first-order chi connectivity index (χ1) is 13.3. The number of anilines is 1. The maximum Gasteiger partial charge on any atom is 0.271 e. The van der Waals surface area contributed by atoms with E-state index in [0.29, 0.717) is 0 Å². The van der Waals surface area contributed by atoms with Crippen molar-refractivity contribution in [3.8, 4) is 0 Å². The van der Waals surface area contributed by atoms with Crippen LogP contribution in [0.25, 0.3) is 0 Å². The van der Waals surface area contributed by atoms with Crippen molar-refractivity contribution in [2.45, 2.75) is 6.54 Å². The monoisotopic (exact) mass is 401 g/mol. The Hall–Kier alpha value is -3.52. The van der Waals surface area contributed by atoms with Gasteiger partial charge in [-0.25, -0.2) is 4.39 Å². The third-order valence-electron chi connectivity index (χ3n) is 3.95. The van der Waals surface area contributed by atoms with Crippen molar-refractivity contribution in [3.63, 3.8) is 0 Å². The number of carbonyl (C=O) groups is 1. The lowest BCUT2D eigenvalue weighted by Crippen LogP contribution is -2.23. The smallest absolute Gasteiger partial charge is 0.271 e. The molecule has 0 fully saturated rings. The van der Waals surface area contributed by atoms with E-state index in [4.69, 9.17) is 11.6 Å². The molecule has 0 saturated heterocycles. The van der Waals surface area contributed by atoms with Crippen molar-refractivity contribution >= 4 is 28.9 Å². The first-order valence-corrected chi connectivity index (χ1v) is 8.42. The van der Waals surface area contributed by atoms with Crippen LogP contribution in [0.4, 0.5) is 15.8 Å². The fourth-order valence-corrected chi connectivity index (χ4v) is 2.77. The molecule has 0 atom stereocenters. The number of nitro groups is 1. The van der Waals surface area contributed by atoms with Crippen LogP contribution < -0.4 is 10.9 Å². The van der Waals surface area contributed by atoms with Crippen molar-refractivity contribution in [1.29, 1.82) is 0 Å². The second kappa shape index (κ2) is 8.01. The molecule has 0 saturated carbocycles. The normalized spacial score (nSPS) is 10.5. The number of hydrogen-bond donors (Lipinski definition) is 1. The first kappa shape index (κ1) is 19.2. The average molecular weight is 402 g/mol. The fraction of sp³-hybridized carbons (Fsp3) is 0.0526. The number of pyridine rings is 1. The number of benzene rings is 2. The molecule has 1 N–H and O–H groups in total. The maximum absolute atomic E-state index is 14.0. The highest BCUT2D eigenvalue weighted by Crippen LogP contribution is 2.20. The summed E-state index contributed by atoms with van der Waals surface area (Å²) >= 11 is 5.99. The van der Waals surface area contributed by atoms with Crippen LogP contribution in [0, 0.1) is 15.9 Å². The molecular weight excluding hydrogens is 389 g/mol. The Balaban J connectivity index is 1.86. The van der Waals surface area contributed by atoms with Crippen LogP contribution >= 0.6 is 11.6 Å². The van der Waals surface area contributed by atoms with Gasteiger partial charge in [-0.3, -0.25) is 19.7 Å². The van der Waals surface area contributed by atoms with Crippen molar-refractivity contribution in [2.75, 3.05) is 5.32 Å². The van der Waals surface area contributed by atoms with Gasteiger partial charge < -0.3 is 9.88 Å². The molecular formula is C19H13ClFN3O4. The summed E-state index contributed by atoms with van der Waals surface area (Å²) in [6, 6.07) is 12.1. The molecule has 1 heterocycles. The van der Waals surface area contributed by atoms with Gasteiger partial charge in [0.15, 0.2) is 0 Å². The molecule has 0 spiro atoms. The average Bonchev–Trinajstić information content (AvgIpc) is 2.66. The van der Waals surface area contributed by atoms with Gasteiger partial charge in [0.05, 0.1) is 17.0 Å². The lowest BCUT2D eigenvalue weighted by Gasteiger charge is -2.11. The van der Waals surface area contributed by atoms with Crippen molar-refractivity contribution in [2.24, 2.45) is 0 Å².